The van der Waals surface area contributed by atoms with Crippen LogP contribution in [-0.2, 0) is 14.2 Å². The molecular formula is C34H41N9O7. The minimum Gasteiger partial charge on any atom is -0.464 e. The molecule has 0 unspecified atom stereocenters. The molecular weight excluding hydrogens is 646 g/mol. The fourth-order valence-corrected chi connectivity index (χ4v) is 5.57. The average molecular weight is 688 g/mol. The summed E-state index contributed by atoms with van der Waals surface area (Å²) < 4.78 is 17.9. The number of rotatable bonds is 6. The van der Waals surface area contributed by atoms with E-state index < -0.39 is 29.5 Å². The van der Waals surface area contributed by atoms with Gasteiger partial charge in [0.15, 0.2) is 17.3 Å². The molecule has 4 aromatic rings. The van der Waals surface area contributed by atoms with E-state index in [-0.39, 0.29) is 28.7 Å². The van der Waals surface area contributed by atoms with Crippen LogP contribution in [0.5, 0.6) is 0 Å². The van der Waals surface area contributed by atoms with Crippen LogP contribution in [0.1, 0.15) is 41.5 Å². The molecule has 16 heteroatoms. The summed E-state index contributed by atoms with van der Waals surface area (Å²) >= 11 is 0. The Morgan fingerprint density at radius 3 is 2.08 bits per heavy atom. The van der Waals surface area contributed by atoms with E-state index in [9.17, 15) is 19.5 Å². The number of carboxylic acid groups (broad SMARTS) is 1. The number of hydrogen-bond acceptors (Lipinski definition) is 12. The van der Waals surface area contributed by atoms with Crippen molar-refractivity contribution in [2.45, 2.75) is 58.8 Å². The number of anilines is 4. The summed E-state index contributed by atoms with van der Waals surface area (Å²) in [7, 11) is 0. The zero-order chi connectivity index (χ0) is 35.8. The normalized spacial score (nSPS) is 15.8. The molecule has 3 aromatic heterocycles. The van der Waals surface area contributed by atoms with E-state index in [4.69, 9.17) is 14.2 Å². The highest BCUT2D eigenvalue weighted by Gasteiger charge is 2.35. The number of imide groups is 1. The van der Waals surface area contributed by atoms with Gasteiger partial charge >= 0.3 is 18.3 Å². The first-order valence-corrected chi connectivity index (χ1v) is 16.3. The lowest BCUT2D eigenvalue weighted by atomic mass is 10.1. The third-order valence-corrected chi connectivity index (χ3v) is 7.95. The molecule has 0 radical (unpaired) electrons. The second-order valence-corrected chi connectivity index (χ2v) is 14.0. The fourth-order valence-electron chi connectivity index (χ4n) is 5.57. The van der Waals surface area contributed by atoms with Crippen molar-refractivity contribution in [2.24, 2.45) is 0 Å². The number of carbonyl (C=O) groups is 3. The number of ether oxygens (including phenoxy) is 3. The van der Waals surface area contributed by atoms with Crippen LogP contribution in [-0.4, -0.2) is 109 Å². The molecule has 0 atom stereocenters. The highest BCUT2D eigenvalue weighted by Crippen LogP contribution is 2.32. The minimum atomic E-state index is -1.27. The highest BCUT2D eigenvalue weighted by molar-refractivity contribution is 6.08. The van der Waals surface area contributed by atoms with Crippen molar-refractivity contribution < 1.29 is 33.7 Å². The van der Waals surface area contributed by atoms with Crippen LogP contribution < -0.4 is 14.7 Å². The minimum absolute atomic E-state index is 0.0208. The molecule has 0 saturated carbocycles. The summed E-state index contributed by atoms with van der Waals surface area (Å²) in [5.41, 5.74) is 0.124. The molecule has 2 aliphatic heterocycles. The Bertz CT molecular complexity index is 1840. The van der Waals surface area contributed by atoms with Gasteiger partial charge in [-0.1, -0.05) is 0 Å². The zero-order valence-corrected chi connectivity index (χ0v) is 28.9. The molecule has 2 saturated heterocycles. The number of fused-ring (bicyclic) bond motifs is 1. The number of imidazole rings is 1. The molecule has 0 bridgehead atoms. The van der Waals surface area contributed by atoms with Gasteiger partial charge in [0.1, 0.15) is 22.6 Å². The van der Waals surface area contributed by atoms with Crippen LogP contribution in [0.15, 0.2) is 55.2 Å². The van der Waals surface area contributed by atoms with Crippen molar-refractivity contribution >= 4 is 46.9 Å². The van der Waals surface area contributed by atoms with Crippen LogP contribution in [0, 0.1) is 0 Å². The molecule has 2 aliphatic rings. The van der Waals surface area contributed by atoms with Crippen molar-refractivity contribution in [3.63, 3.8) is 0 Å². The van der Waals surface area contributed by atoms with Gasteiger partial charge in [0, 0.05) is 50.5 Å². The van der Waals surface area contributed by atoms with Gasteiger partial charge in [-0.15, -0.1) is 0 Å². The number of nitrogens with zero attached hydrogens (tertiary/aromatic N) is 9. The van der Waals surface area contributed by atoms with Gasteiger partial charge in [0.05, 0.1) is 37.3 Å². The maximum Gasteiger partial charge on any atom is 0.425 e. The maximum absolute atomic E-state index is 13.3. The predicted molar refractivity (Wildman–Crippen MR) is 184 cm³/mol. The molecule has 5 heterocycles. The van der Waals surface area contributed by atoms with E-state index >= 15 is 0 Å². The second kappa shape index (κ2) is 13.5. The summed E-state index contributed by atoms with van der Waals surface area (Å²) in [6, 6.07) is 7.77. The monoisotopic (exact) mass is 687 g/mol. The van der Waals surface area contributed by atoms with Gasteiger partial charge in [-0.25, -0.2) is 34.2 Å². The summed E-state index contributed by atoms with van der Waals surface area (Å²) in [5, 5.41) is 10.5. The Labute approximate surface area is 289 Å². The lowest BCUT2D eigenvalue weighted by Gasteiger charge is -2.43. The Morgan fingerprint density at radius 1 is 0.880 bits per heavy atom. The quantitative estimate of drug-likeness (QED) is 0.281. The highest BCUT2D eigenvalue weighted by atomic mass is 16.6. The van der Waals surface area contributed by atoms with Crippen LogP contribution >= 0.6 is 0 Å². The predicted octanol–water partition coefficient (Wildman–Crippen LogP) is 5.20. The lowest BCUT2D eigenvalue weighted by Crippen LogP contribution is -2.56. The van der Waals surface area contributed by atoms with E-state index in [1.54, 1.807) is 70.5 Å². The number of aromatic nitrogens is 5. The molecule has 0 aliphatic carbocycles. The van der Waals surface area contributed by atoms with Gasteiger partial charge in [-0.05, 0) is 65.8 Å². The van der Waals surface area contributed by atoms with Crippen LogP contribution in [0.3, 0.4) is 0 Å². The first-order valence-electron chi connectivity index (χ1n) is 16.3. The van der Waals surface area contributed by atoms with E-state index in [1.807, 2.05) is 12.1 Å². The summed E-state index contributed by atoms with van der Waals surface area (Å²) in [6.45, 7) is 15.2. The van der Waals surface area contributed by atoms with Crippen LogP contribution in [0.25, 0.3) is 17.0 Å². The molecule has 0 spiro atoms. The lowest BCUT2D eigenvalue weighted by molar-refractivity contribution is -0.0660. The van der Waals surface area contributed by atoms with Crippen molar-refractivity contribution in [1.29, 1.82) is 0 Å². The molecule has 1 N–H and O–H groups in total. The van der Waals surface area contributed by atoms with Crippen molar-refractivity contribution in [2.75, 3.05) is 54.1 Å². The van der Waals surface area contributed by atoms with Crippen molar-refractivity contribution in [3.8, 4) is 11.4 Å². The largest absolute Gasteiger partial charge is 0.464 e. The third kappa shape index (κ3) is 7.60. The molecule has 1 aromatic carbocycles. The molecule has 3 amide bonds. The molecule has 50 heavy (non-hydrogen) atoms. The SMILES string of the molecule is CC(C)(C)OC(=O)N(C(=O)OC(C)(C)C)c1cncc(-c2cn3ccnc3c(N(C(=O)O)c3ccc(N4CCN(C5COC5)CC4)cc3)n2)n1. The summed E-state index contributed by atoms with van der Waals surface area (Å²) in [6.07, 6.45) is 4.09. The number of benzene rings is 1. The smallest absolute Gasteiger partial charge is 0.425 e. The topological polar surface area (TPSA) is 168 Å². The van der Waals surface area contributed by atoms with Gasteiger partial charge in [-0.3, -0.25) is 9.88 Å². The van der Waals surface area contributed by atoms with E-state index in [2.05, 4.69) is 29.7 Å². The molecule has 16 nitrogen and oxygen atoms in total. The number of hydrogen-bond donors (Lipinski definition) is 1. The third-order valence-electron chi connectivity index (χ3n) is 7.95. The molecule has 6 rings (SSSR count). The summed E-state index contributed by atoms with van der Waals surface area (Å²) in [5.74, 6) is -0.153. The standard InChI is InChI=1S/C34H41N9O7/c1-33(2,3)49-31(46)43(32(47)50-34(4,5)6)27-18-35-17-25(37-27)26-19-41-12-11-36-28(41)29(38-26)42(30(44)45)23-9-7-22(8-10-23)39-13-15-40(16-14-39)24-20-48-21-24/h7-12,17-19,24H,13-16,20-21H2,1-6H3,(H,44,45). The van der Waals surface area contributed by atoms with E-state index in [0.29, 0.717) is 16.6 Å². The zero-order valence-electron chi connectivity index (χ0n) is 28.9. The fraction of sp³-hybridized carbons (Fsp3) is 0.441. The van der Waals surface area contributed by atoms with Gasteiger partial charge < -0.3 is 28.6 Å². The van der Waals surface area contributed by atoms with Crippen LogP contribution in [0.2, 0.25) is 0 Å². The first kappa shape index (κ1) is 34.5. The summed E-state index contributed by atoms with van der Waals surface area (Å²) in [4.78, 5) is 63.6. The van der Waals surface area contributed by atoms with Gasteiger partial charge in [-0.2, -0.15) is 4.90 Å². The maximum atomic E-state index is 13.3. The first-order chi connectivity index (χ1) is 23.7. The molecule has 264 valence electrons. The number of carbonyl (C=O) groups excluding carboxylic acids is 2. The van der Waals surface area contributed by atoms with E-state index in [0.717, 1.165) is 50.0 Å². The van der Waals surface area contributed by atoms with Crippen LogP contribution in [0.4, 0.5) is 37.4 Å². The Balaban J connectivity index is 1.32. The van der Waals surface area contributed by atoms with Crippen molar-refractivity contribution in [3.05, 3.63) is 55.2 Å². The Morgan fingerprint density at radius 2 is 1.52 bits per heavy atom. The molecule has 2 fully saturated rings. The number of piperazine rings is 1. The van der Waals surface area contributed by atoms with Gasteiger partial charge in [0.2, 0.25) is 0 Å². The Kier molecular flexibility index (Phi) is 9.33. The van der Waals surface area contributed by atoms with Crippen molar-refractivity contribution in [1.82, 2.24) is 29.2 Å². The average Bonchev–Trinajstić information content (AvgIpc) is 3.49. The second-order valence-electron chi connectivity index (χ2n) is 14.0. The number of amides is 3. The Hall–Kier alpha value is -5.35. The van der Waals surface area contributed by atoms with E-state index in [1.165, 1.54) is 18.6 Å². The van der Waals surface area contributed by atoms with Gasteiger partial charge in [0.25, 0.3) is 0 Å².